The molecule has 3 aromatic rings. The van der Waals surface area contributed by atoms with Gasteiger partial charge >= 0.3 is 0 Å². The van der Waals surface area contributed by atoms with Crippen molar-refractivity contribution in [1.29, 1.82) is 0 Å². The van der Waals surface area contributed by atoms with Gasteiger partial charge in [-0.1, -0.05) is 32.0 Å². The Balaban J connectivity index is 2.17. The van der Waals surface area contributed by atoms with Crippen molar-refractivity contribution in [3.63, 3.8) is 0 Å². The van der Waals surface area contributed by atoms with Crippen LogP contribution >= 0.6 is 0 Å². The molecule has 29 heavy (non-hydrogen) atoms. The first kappa shape index (κ1) is 20.8. The predicted molar refractivity (Wildman–Crippen MR) is 114 cm³/mol. The predicted octanol–water partition coefficient (Wildman–Crippen LogP) is 3.35. The third kappa shape index (κ3) is 3.95. The maximum Gasteiger partial charge on any atom is 0.293 e. The van der Waals surface area contributed by atoms with Gasteiger partial charge in [-0.15, -0.1) is 0 Å². The minimum atomic E-state index is -0.313. The van der Waals surface area contributed by atoms with E-state index in [4.69, 9.17) is 0 Å². The largest absolute Gasteiger partial charge is 0.336 e. The first-order valence-corrected chi connectivity index (χ1v) is 10.1. The van der Waals surface area contributed by atoms with Crippen LogP contribution in [0.4, 0.5) is 0 Å². The number of benzene rings is 1. The van der Waals surface area contributed by atoms with E-state index in [1.165, 1.54) is 4.68 Å². The van der Waals surface area contributed by atoms with Gasteiger partial charge in [0.1, 0.15) is 12.1 Å². The Kier molecular flexibility index (Phi) is 5.86. The van der Waals surface area contributed by atoms with Crippen molar-refractivity contribution < 1.29 is 4.79 Å². The van der Waals surface area contributed by atoms with Crippen molar-refractivity contribution in [3.05, 3.63) is 52.6 Å². The number of hydrogen-bond donors (Lipinski definition) is 0. The number of para-hydroxylation sites is 1. The lowest BCUT2D eigenvalue weighted by Gasteiger charge is -2.30. The van der Waals surface area contributed by atoms with Crippen LogP contribution in [0.25, 0.3) is 16.6 Å². The molecule has 7 nitrogen and oxygen atoms in total. The molecule has 0 N–H and O–H groups in total. The SMILES string of the molecule is CC(C)c1nn(CC(=O)N(C(C)C)C(C)C)c(=O)c2c1cnn2-c1ccccc1. The molecule has 0 unspecified atom stereocenters. The fourth-order valence-electron chi connectivity index (χ4n) is 3.77. The number of amides is 1. The van der Waals surface area contributed by atoms with Crippen LogP contribution in [0.3, 0.4) is 0 Å². The molecule has 0 atom stereocenters. The summed E-state index contributed by atoms with van der Waals surface area (Å²) in [7, 11) is 0. The van der Waals surface area contributed by atoms with E-state index in [0.29, 0.717) is 5.52 Å². The zero-order valence-corrected chi connectivity index (χ0v) is 18.0. The van der Waals surface area contributed by atoms with E-state index < -0.39 is 0 Å². The van der Waals surface area contributed by atoms with Crippen LogP contribution in [0, 0.1) is 0 Å². The molecule has 1 amide bonds. The summed E-state index contributed by atoms with van der Waals surface area (Å²) in [5, 5.41) is 9.72. The average molecular weight is 396 g/mol. The number of nitrogens with zero attached hydrogens (tertiary/aromatic N) is 5. The van der Waals surface area contributed by atoms with E-state index in [9.17, 15) is 9.59 Å². The lowest BCUT2D eigenvalue weighted by Crippen LogP contribution is -2.45. The van der Waals surface area contributed by atoms with Crippen molar-refractivity contribution >= 4 is 16.8 Å². The van der Waals surface area contributed by atoms with E-state index in [0.717, 1.165) is 16.8 Å². The molecule has 0 aliphatic rings. The Morgan fingerprint density at radius 3 is 2.21 bits per heavy atom. The van der Waals surface area contributed by atoms with Crippen LogP contribution in [0.2, 0.25) is 0 Å². The maximum absolute atomic E-state index is 13.3. The zero-order chi connectivity index (χ0) is 21.3. The molecule has 2 aromatic heterocycles. The van der Waals surface area contributed by atoms with Crippen LogP contribution in [0.1, 0.15) is 53.2 Å². The third-order valence-electron chi connectivity index (χ3n) is 4.94. The van der Waals surface area contributed by atoms with Gasteiger partial charge in [-0.25, -0.2) is 9.36 Å². The molecule has 7 heteroatoms. The summed E-state index contributed by atoms with van der Waals surface area (Å²) in [6.07, 6.45) is 1.69. The van der Waals surface area contributed by atoms with Crippen molar-refractivity contribution in [3.8, 4) is 5.69 Å². The normalized spacial score (nSPS) is 11.8. The Morgan fingerprint density at radius 1 is 1.03 bits per heavy atom. The highest BCUT2D eigenvalue weighted by Gasteiger charge is 2.24. The molecule has 0 saturated carbocycles. The highest BCUT2D eigenvalue weighted by Crippen LogP contribution is 2.23. The minimum absolute atomic E-state index is 0.0429. The molecular formula is C22H29N5O2. The first-order valence-electron chi connectivity index (χ1n) is 10.1. The summed E-state index contributed by atoms with van der Waals surface area (Å²) >= 11 is 0. The van der Waals surface area contributed by atoms with Gasteiger partial charge in [0.2, 0.25) is 5.91 Å². The van der Waals surface area contributed by atoms with Gasteiger partial charge in [0, 0.05) is 17.5 Å². The number of carbonyl (C=O) groups is 1. The van der Waals surface area contributed by atoms with Crippen LogP contribution in [-0.4, -0.2) is 42.5 Å². The Labute approximate surface area is 170 Å². The Bertz CT molecular complexity index is 1060. The molecule has 3 rings (SSSR count). The van der Waals surface area contributed by atoms with Crippen molar-refractivity contribution in [2.75, 3.05) is 0 Å². The maximum atomic E-state index is 13.3. The van der Waals surface area contributed by atoms with E-state index in [1.807, 2.05) is 71.9 Å². The van der Waals surface area contributed by atoms with Gasteiger partial charge in [0.05, 0.1) is 17.6 Å². The molecule has 1 aromatic carbocycles. The standard InChI is InChI=1S/C22H29N5O2/c1-14(2)20-18-12-23-27(17-10-8-7-9-11-17)21(18)22(29)25(24-20)13-19(28)26(15(3)4)16(5)6/h7-12,14-16H,13H2,1-6H3. The molecule has 0 bridgehead atoms. The minimum Gasteiger partial charge on any atom is -0.336 e. The van der Waals surface area contributed by atoms with Gasteiger partial charge in [0.25, 0.3) is 5.56 Å². The van der Waals surface area contributed by atoms with Crippen molar-refractivity contribution in [1.82, 2.24) is 24.5 Å². The van der Waals surface area contributed by atoms with Gasteiger partial charge in [-0.05, 0) is 45.7 Å². The first-order chi connectivity index (χ1) is 13.7. The number of hydrogen-bond acceptors (Lipinski definition) is 4. The van der Waals surface area contributed by atoms with E-state index >= 15 is 0 Å². The Morgan fingerprint density at radius 2 is 1.66 bits per heavy atom. The lowest BCUT2D eigenvalue weighted by atomic mass is 10.1. The lowest BCUT2D eigenvalue weighted by molar-refractivity contribution is -0.135. The summed E-state index contributed by atoms with van der Waals surface area (Å²) < 4.78 is 2.92. The number of aromatic nitrogens is 4. The third-order valence-corrected chi connectivity index (χ3v) is 4.94. The molecule has 0 saturated heterocycles. The fourth-order valence-corrected chi connectivity index (χ4v) is 3.77. The zero-order valence-electron chi connectivity index (χ0n) is 18.0. The van der Waals surface area contributed by atoms with E-state index in [2.05, 4.69) is 10.2 Å². The molecule has 0 aliphatic heterocycles. The average Bonchev–Trinajstić information content (AvgIpc) is 3.09. The smallest absolute Gasteiger partial charge is 0.293 e. The van der Waals surface area contributed by atoms with Crippen molar-refractivity contribution in [2.24, 2.45) is 0 Å². The second-order valence-corrected chi connectivity index (χ2v) is 8.15. The molecule has 0 fully saturated rings. The summed E-state index contributed by atoms with van der Waals surface area (Å²) in [4.78, 5) is 28.1. The summed E-state index contributed by atoms with van der Waals surface area (Å²) in [5.41, 5.74) is 1.69. The van der Waals surface area contributed by atoms with Crippen LogP contribution < -0.4 is 5.56 Å². The summed E-state index contributed by atoms with van der Waals surface area (Å²) in [5.74, 6) is -0.0383. The second-order valence-electron chi connectivity index (χ2n) is 8.15. The van der Waals surface area contributed by atoms with Crippen LogP contribution in [-0.2, 0) is 11.3 Å². The molecule has 2 heterocycles. The number of carbonyl (C=O) groups excluding carboxylic acids is 1. The monoisotopic (exact) mass is 395 g/mol. The Hall–Kier alpha value is -2.96. The quantitative estimate of drug-likeness (QED) is 0.642. The second kappa shape index (κ2) is 8.19. The molecule has 0 radical (unpaired) electrons. The number of fused-ring (bicyclic) bond motifs is 1. The van der Waals surface area contributed by atoms with E-state index in [-0.39, 0.29) is 36.0 Å². The van der Waals surface area contributed by atoms with Gasteiger partial charge in [0.15, 0.2) is 0 Å². The topological polar surface area (TPSA) is 73.0 Å². The highest BCUT2D eigenvalue weighted by molar-refractivity contribution is 5.82. The van der Waals surface area contributed by atoms with Gasteiger partial charge in [-0.2, -0.15) is 10.2 Å². The van der Waals surface area contributed by atoms with Crippen LogP contribution in [0.15, 0.2) is 41.3 Å². The van der Waals surface area contributed by atoms with E-state index in [1.54, 1.807) is 15.8 Å². The summed E-state index contributed by atoms with van der Waals surface area (Å²) in [6, 6.07) is 9.60. The highest BCUT2D eigenvalue weighted by atomic mass is 16.2. The fraction of sp³-hybridized carbons (Fsp3) is 0.455. The van der Waals surface area contributed by atoms with Crippen LogP contribution in [0.5, 0.6) is 0 Å². The van der Waals surface area contributed by atoms with Gasteiger partial charge in [-0.3, -0.25) is 9.59 Å². The number of rotatable bonds is 6. The molecule has 0 spiro atoms. The molecule has 0 aliphatic carbocycles. The molecule has 154 valence electrons. The molecular weight excluding hydrogens is 366 g/mol. The van der Waals surface area contributed by atoms with Gasteiger partial charge < -0.3 is 4.90 Å². The summed E-state index contributed by atoms with van der Waals surface area (Å²) in [6.45, 7) is 11.8. The van der Waals surface area contributed by atoms with Crippen molar-refractivity contribution in [2.45, 2.75) is 66.1 Å².